The molecule has 5 nitrogen and oxygen atoms in total. The van der Waals surface area contributed by atoms with Gasteiger partial charge in [0.15, 0.2) is 4.90 Å². The van der Waals surface area contributed by atoms with Gasteiger partial charge in [-0.3, -0.25) is 4.79 Å². The molecule has 2 aromatic rings. The summed E-state index contributed by atoms with van der Waals surface area (Å²) in [5.74, 6) is -3.12. The summed E-state index contributed by atoms with van der Waals surface area (Å²) in [6, 6.07) is 1.79. The van der Waals surface area contributed by atoms with E-state index in [1.54, 1.807) is 0 Å². The van der Waals surface area contributed by atoms with Crippen molar-refractivity contribution in [2.45, 2.75) is 36.0 Å². The summed E-state index contributed by atoms with van der Waals surface area (Å²) < 4.78 is 149. The highest BCUT2D eigenvalue weighted by Gasteiger charge is 2.73. The number of halogens is 10. The molecule has 0 radical (unpaired) electrons. The molecule has 1 atom stereocenters. The minimum atomic E-state index is -6.50. The third-order valence-electron chi connectivity index (χ3n) is 4.91. The lowest BCUT2D eigenvalue weighted by Crippen LogP contribution is -2.50. The van der Waals surface area contributed by atoms with Gasteiger partial charge in [0.25, 0.3) is 5.91 Å². The molecule has 0 aliphatic carbocycles. The van der Waals surface area contributed by atoms with Crippen LogP contribution >= 0.6 is 0 Å². The zero-order valence-electron chi connectivity index (χ0n) is 18.5. The SMILES string of the molecule is CC[S+]([O-])c1cc(C(F)(F)F)ccc1C(=O)Nc1ccc(C(F)(C(F)(F)F)C(F)(F)F)cc1C(=O)OC. The summed E-state index contributed by atoms with van der Waals surface area (Å²) in [6.07, 6.45) is -17.9. The van der Waals surface area contributed by atoms with Gasteiger partial charge in [0.1, 0.15) is 5.75 Å². The van der Waals surface area contributed by atoms with Crippen molar-refractivity contribution in [2.24, 2.45) is 0 Å². The highest BCUT2D eigenvalue weighted by Crippen LogP contribution is 2.53. The Morgan fingerprint density at radius 2 is 1.41 bits per heavy atom. The van der Waals surface area contributed by atoms with Gasteiger partial charge in [0.2, 0.25) is 0 Å². The molecule has 1 N–H and O–H groups in total. The Balaban J connectivity index is 2.64. The molecule has 37 heavy (non-hydrogen) atoms. The van der Waals surface area contributed by atoms with Crippen LogP contribution in [0.5, 0.6) is 0 Å². The van der Waals surface area contributed by atoms with Crippen LogP contribution < -0.4 is 5.32 Å². The Morgan fingerprint density at radius 1 is 0.865 bits per heavy atom. The lowest BCUT2D eigenvalue weighted by atomic mass is 9.92. The van der Waals surface area contributed by atoms with Crippen molar-refractivity contribution in [1.29, 1.82) is 0 Å². The van der Waals surface area contributed by atoms with E-state index in [1.165, 1.54) is 6.92 Å². The zero-order valence-corrected chi connectivity index (χ0v) is 19.3. The number of ether oxygens (including phenoxy) is 1. The van der Waals surface area contributed by atoms with E-state index in [4.69, 9.17) is 0 Å². The van der Waals surface area contributed by atoms with Crippen LogP contribution in [0.3, 0.4) is 0 Å². The Kier molecular flexibility index (Phi) is 8.49. The van der Waals surface area contributed by atoms with Gasteiger partial charge in [0, 0.05) is 11.6 Å². The first-order valence-electron chi connectivity index (χ1n) is 9.75. The third-order valence-corrected chi connectivity index (χ3v) is 6.27. The van der Waals surface area contributed by atoms with Crippen LogP contribution in [0.15, 0.2) is 41.3 Å². The van der Waals surface area contributed by atoms with E-state index < -0.39 is 80.1 Å². The number of esters is 1. The fourth-order valence-electron chi connectivity index (χ4n) is 3.05. The molecule has 0 spiro atoms. The Morgan fingerprint density at radius 3 is 1.86 bits per heavy atom. The highest BCUT2D eigenvalue weighted by atomic mass is 32.2. The van der Waals surface area contributed by atoms with Crippen molar-refractivity contribution in [3.63, 3.8) is 0 Å². The van der Waals surface area contributed by atoms with Crippen molar-refractivity contribution >= 4 is 28.7 Å². The number of rotatable bonds is 6. The molecule has 204 valence electrons. The van der Waals surface area contributed by atoms with Crippen molar-refractivity contribution < 1.29 is 62.8 Å². The second kappa shape index (κ2) is 10.4. The number of anilines is 1. The van der Waals surface area contributed by atoms with Crippen molar-refractivity contribution in [2.75, 3.05) is 18.2 Å². The van der Waals surface area contributed by atoms with Gasteiger partial charge in [-0.25, -0.2) is 9.18 Å². The highest BCUT2D eigenvalue weighted by molar-refractivity contribution is 7.91. The minimum absolute atomic E-state index is 0.0148. The van der Waals surface area contributed by atoms with Gasteiger partial charge in [-0.05, 0) is 42.4 Å². The maximum absolute atomic E-state index is 14.4. The first-order chi connectivity index (χ1) is 16.8. The van der Waals surface area contributed by atoms with Crippen LogP contribution in [0.4, 0.5) is 49.6 Å². The maximum atomic E-state index is 14.4. The van der Waals surface area contributed by atoms with E-state index in [0.29, 0.717) is 31.4 Å². The largest absolute Gasteiger partial charge is 0.611 e. The van der Waals surface area contributed by atoms with Crippen molar-refractivity contribution in [3.8, 4) is 0 Å². The molecular weight excluding hydrogens is 552 g/mol. The Bertz CT molecular complexity index is 1160. The molecule has 0 saturated heterocycles. The number of methoxy groups -OCH3 is 1. The molecule has 2 rings (SSSR count). The number of benzene rings is 2. The lowest BCUT2D eigenvalue weighted by molar-refractivity contribution is -0.348. The molecule has 16 heteroatoms. The van der Waals surface area contributed by atoms with Crippen LogP contribution in [0.25, 0.3) is 0 Å². The fourth-order valence-corrected chi connectivity index (χ4v) is 4.03. The second-order valence-electron chi connectivity index (χ2n) is 7.20. The summed E-state index contributed by atoms with van der Waals surface area (Å²) in [5.41, 5.74) is -11.7. The average molecular weight is 567 g/mol. The van der Waals surface area contributed by atoms with E-state index in [1.807, 2.05) is 5.32 Å². The molecule has 1 unspecified atom stereocenters. The quantitative estimate of drug-likeness (QED) is 0.258. The number of hydrogen-bond donors (Lipinski definition) is 1. The smallest absolute Gasteiger partial charge is 0.435 e. The van der Waals surface area contributed by atoms with Crippen LogP contribution in [-0.2, 0) is 27.8 Å². The van der Waals surface area contributed by atoms with Gasteiger partial charge < -0.3 is 14.6 Å². The standard InChI is InChI=1S/C21H15F10NO4S/c1-3-37(35)15-9-11(19(23,24)25)4-6-12(15)16(33)32-14-7-5-10(8-13(14)17(34)36-2)18(22,20(26,27)28)21(29,30)31/h4-9H,3H2,1-2H3,(H,32,33). The van der Waals surface area contributed by atoms with Gasteiger partial charge in [0.05, 0.1) is 29.5 Å². The van der Waals surface area contributed by atoms with Gasteiger partial charge in [-0.15, -0.1) is 0 Å². The molecular formula is C21H15F10NO4S. The molecule has 2 aromatic carbocycles. The van der Waals surface area contributed by atoms with Gasteiger partial charge in [-0.2, -0.15) is 39.5 Å². The lowest BCUT2D eigenvalue weighted by Gasteiger charge is -2.30. The summed E-state index contributed by atoms with van der Waals surface area (Å²) in [7, 11) is 0.690. The molecule has 1 amide bonds. The van der Waals surface area contributed by atoms with Gasteiger partial charge >= 0.3 is 30.2 Å². The Hall–Kier alpha value is -3.01. The number of nitrogens with one attached hydrogen (secondary N) is 1. The van der Waals surface area contributed by atoms with E-state index in [9.17, 15) is 58.0 Å². The molecule has 0 aliphatic heterocycles. The normalized spacial score (nSPS) is 13.8. The van der Waals surface area contributed by atoms with E-state index in [0.717, 1.165) is 0 Å². The number of amides is 1. The van der Waals surface area contributed by atoms with Crippen LogP contribution in [0.1, 0.15) is 38.8 Å². The number of alkyl halides is 10. The van der Waals surface area contributed by atoms with Crippen LogP contribution in [-0.4, -0.2) is 41.6 Å². The van der Waals surface area contributed by atoms with Crippen LogP contribution in [0, 0.1) is 0 Å². The molecule has 0 saturated carbocycles. The number of carbonyl (C=O) groups excluding carboxylic acids is 2. The van der Waals surface area contributed by atoms with E-state index in [-0.39, 0.29) is 17.9 Å². The zero-order chi connectivity index (χ0) is 28.6. The minimum Gasteiger partial charge on any atom is -0.611 e. The van der Waals surface area contributed by atoms with Crippen molar-refractivity contribution in [1.82, 2.24) is 0 Å². The van der Waals surface area contributed by atoms with E-state index >= 15 is 0 Å². The predicted molar refractivity (Wildman–Crippen MR) is 109 cm³/mol. The van der Waals surface area contributed by atoms with E-state index in [2.05, 4.69) is 4.74 Å². The maximum Gasteiger partial charge on any atom is 0.435 e. The van der Waals surface area contributed by atoms with Crippen molar-refractivity contribution in [3.05, 3.63) is 58.7 Å². The number of carbonyl (C=O) groups is 2. The fraction of sp³-hybridized carbons (Fsp3) is 0.333. The second-order valence-corrected chi connectivity index (χ2v) is 8.91. The molecule has 0 heterocycles. The first-order valence-corrected chi connectivity index (χ1v) is 11.1. The summed E-state index contributed by atoms with van der Waals surface area (Å²) in [5, 5.41) is 1.94. The molecule has 0 bridgehead atoms. The van der Waals surface area contributed by atoms with Gasteiger partial charge in [-0.1, -0.05) is 6.07 Å². The number of hydrogen-bond acceptors (Lipinski definition) is 4. The summed E-state index contributed by atoms with van der Waals surface area (Å²) >= 11 is -2.13. The monoisotopic (exact) mass is 567 g/mol. The summed E-state index contributed by atoms with van der Waals surface area (Å²) in [4.78, 5) is 24.3. The topological polar surface area (TPSA) is 78.5 Å². The molecule has 0 aliphatic rings. The van der Waals surface area contributed by atoms with Crippen LogP contribution in [0.2, 0.25) is 0 Å². The predicted octanol–water partition coefficient (Wildman–Crippen LogP) is 6.16. The first kappa shape index (κ1) is 30.2. The average Bonchev–Trinajstić information content (AvgIpc) is 2.80. The Labute approximate surface area is 205 Å². The summed E-state index contributed by atoms with van der Waals surface area (Å²) in [6.45, 7) is 1.33. The molecule has 0 aromatic heterocycles. The third kappa shape index (κ3) is 5.95. The molecule has 0 fully saturated rings.